The molecule has 0 bridgehead atoms. The van der Waals surface area contributed by atoms with Crippen LogP contribution in [0.3, 0.4) is 0 Å². The fraction of sp³-hybridized carbons (Fsp3) is 0.364. The van der Waals surface area contributed by atoms with Crippen molar-refractivity contribution in [3.63, 3.8) is 0 Å². The van der Waals surface area contributed by atoms with Crippen molar-refractivity contribution in [2.45, 2.75) is 12.0 Å². The Hall–Kier alpha value is -3.14. The Balaban J connectivity index is 2.14. The van der Waals surface area contributed by atoms with Gasteiger partial charge >= 0.3 is 23.9 Å². The second kappa shape index (κ2) is 7.47. The highest BCUT2D eigenvalue weighted by Gasteiger charge is 2.85. The minimum atomic E-state index is -1.94. The van der Waals surface area contributed by atoms with Gasteiger partial charge in [0.15, 0.2) is 5.54 Å². The van der Waals surface area contributed by atoms with Gasteiger partial charge in [-0.05, 0) is 36.3 Å². The molecular formula is C22H20BrNO8. The third-order valence-corrected chi connectivity index (χ3v) is 6.99. The molecular weight excluding hydrogens is 486 g/mol. The molecule has 2 heterocycles. The fourth-order valence-electron chi connectivity index (χ4n) is 5.30. The predicted octanol–water partition coefficient (Wildman–Crippen LogP) is 1.99. The molecule has 0 N–H and O–H groups in total. The van der Waals surface area contributed by atoms with Crippen LogP contribution in [0.15, 0.2) is 40.0 Å². The first-order valence-corrected chi connectivity index (χ1v) is 10.4. The molecule has 10 heteroatoms. The Morgan fingerprint density at radius 2 is 1.66 bits per heavy atom. The highest BCUT2D eigenvalue weighted by Crippen LogP contribution is 2.70. The average molecular weight is 506 g/mol. The zero-order chi connectivity index (χ0) is 23.4. The van der Waals surface area contributed by atoms with Gasteiger partial charge in [0.25, 0.3) is 0 Å². The molecule has 1 saturated carbocycles. The van der Waals surface area contributed by atoms with E-state index in [1.54, 1.807) is 24.3 Å². The number of carbonyl (C=O) groups is 4. The second-order valence-corrected chi connectivity index (χ2v) is 8.47. The molecule has 2 aliphatic heterocycles. The Labute approximate surface area is 192 Å². The SMILES string of the molecule is COC(=O)C1=C2C=Cc3cc(Br)ccc3N2[C@@]2(C(=O)OC)[C@@H](C(=O)OC)C[C@@]12C(=O)OC. The van der Waals surface area contributed by atoms with Crippen LogP contribution in [0.2, 0.25) is 0 Å². The molecule has 0 aromatic heterocycles. The Bertz CT molecular complexity index is 1120. The quantitative estimate of drug-likeness (QED) is 0.448. The number of ether oxygens (including phenoxy) is 4. The number of fused-ring (bicyclic) bond motifs is 5. The molecule has 0 saturated heterocycles. The standard InChI is InChI=1S/C22H20BrNO8/c1-29-17(25)13-10-21(19(27)31-3)16(18(26)30-2)15-7-5-11-9-12(23)6-8-14(11)24(15)22(13,21)20(28)32-4/h5-9,13H,10H2,1-4H3/t13-,21+,22-/m1/s1. The van der Waals surface area contributed by atoms with Crippen LogP contribution < -0.4 is 4.90 Å². The summed E-state index contributed by atoms with van der Waals surface area (Å²) >= 11 is 3.42. The van der Waals surface area contributed by atoms with Crippen LogP contribution in [0.1, 0.15) is 12.0 Å². The van der Waals surface area contributed by atoms with E-state index in [2.05, 4.69) is 15.9 Å². The van der Waals surface area contributed by atoms with E-state index in [1.165, 1.54) is 19.1 Å². The van der Waals surface area contributed by atoms with Crippen molar-refractivity contribution in [2.75, 3.05) is 33.3 Å². The van der Waals surface area contributed by atoms with Crippen molar-refractivity contribution in [3.05, 3.63) is 45.6 Å². The summed E-state index contributed by atoms with van der Waals surface area (Å²) in [5.41, 5.74) is -2.37. The molecule has 168 valence electrons. The van der Waals surface area contributed by atoms with Gasteiger partial charge in [0.1, 0.15) is 5.41 Å². The van der Waals surface area contributed by atoms with Crippen molar-refractivity contribution in [1.29, 1.82) is 0 Å². The minimum absolute atomic E-state index is 0.0674. The van der Waals surface area contributed by atoms with E-state index in [-0.39, 0.29) is 17.7 Å². The summed E-state index contributed by atoms with van der Waals surface area (Å²) in [4.78, 5) is 54.3. The molecule has 0 unspecified atom stereocenters. The van der Waals surface area contributed by atoms with Gasteiger partial charge in [-0.15, -0.1) is 0 Å². The van der Waals surface area contributed by atoms with Gasteiger partial charge < -0.3 is 23.8 Å². The number of methoxy groups -OCH3 is 4. The van der Waals surface area contributed by atoms with E-state index in [0.717, 1.165) is 18.7 Å². The number of allylic oxidation sites excluding steroid dienone is 1. The number of carbonyl (C=O) groups excluding carboxylic acids is 4. The molecule has 1 fully saturated rings. The highest BCUT2D eigenvalue weighted by molar-refractivity contribution is 9.10. The Morgan fingerprint density at radius 3 is 2.25 bits per heavy atom. The lowest BCUT2D eigenvalue weighted by molar-refractivity contribution is -0.192. The number of hydrogen-bond donors (Lipinski definition) is 0. The summed E-state index contributed by atoms with van der Waals surface area (Å²) in [6, 6.07) is 5.29. The topological polar surface area (TPSA) is 108 Å². The van der Waals surface area contributed by atoms with Crippen LogP contribution in [-0.4, -0.2) is 57.9 Å². The number of rotatable bonds is 4. The summed E-state index contributed by atoms with van der Waals surface area (Å²) in [7, 11) is 4.68. The number of anilines is 1. The smallest absolute Gasteiger partial charge is 0.337 e. The van der Waals surface area contributed by atoms with E-state index in [1.807, 2.05) is 6.07 Å². The first-order chi connectivity index (χ1) is 15.3. The minimum Gasteiger partial charge on any atom is -0.469 e. The number of hydrogen-bond acceptors (Lipinski definition) is 9. The van der Waals surface area contributed by atoms with Gasteiger partial charge in [0, 0.05) is 10.2 Å². The molecule has 1 aromatic rings. The summed E-state index contributed by atoms with van der Waals surface area (Å²) in [5.74, 6) is -4.36. The Morgan fingerprint density at radius 1 is 0.969 bits per heavy atom. The first kappa shape index (κ1) is 22.1. The van der Waals surface area contributed by atoms with Gasteiger partial charge in [-0.3, -0.25) is 9.59 Å². The molecule has 0 radical (unpaired) electrons. The summed E-state index contributed by atoms with van der Waals surface area (Å²) in [5, 5.41) is 0. The van der Waals surface area contributed by atoms with Crippen molar-refractivity contribution in [1.82, 2.24) is 0 Å². The van der Waals surface area contributed by atoms with Gasteiger partial charge in [0.05, 0.1) is 45.6 Å². The van der Waals surface area contributed by atoms with Crippen LogP contribution in [0, 0.1) is 11.3 Å². The maximum atomic E-state index is 13.6. The van der Waals surface area contributed by atoms with Crippen LogP contribution in [0.4, 0.5) is 5.69 Å². The number of nitrogens with zero attached hydrogens (tertiary/aromatic N) is 1. The van der Waals surface area contributed by atoms with Gasteiger partial charge in [0.2, 0.25) is 0 Å². The van der Waals surface area contributed by atoms with Gasteiger partial charge in [-0.1, -0.05) is 22.0 Å². The monoisotopic (exact) mass is 505 g/mol. The van der Waals surface area contributed by atoms with Crippen molar-refractivity contribution in [3.8, 4) is 0 Å². The fourth-order valence-corrected chi connectivity index (χ4v) is 5.68. The van der Waals surface area contributed by atoms with E-state index in [9.17, 15) is 19.2 Å². The van der Waals surface area contributed by atoms with E-state index in [0.29, 0.717) is 11.3 Å². The normalized spacial score (nSPS) is 26.9. The first-order valence-electron chi connectivity index (χ1n) is 9.61. The van der Waals surface area contributed by atoms with Crippen LogP contribution in [0.5, 0.6) is 0 Å². The molecule has 3 atom stereocenters. The number of esters is 4. The lowest BCUT2D eigenvalue weighted by atomic mass is 9.46. The van der Waals surface area contributed by atoms with Crippen molar-refractivity contribution < 1.29 is 38.1 Å². The van der Waals surface area contributed by atoms with Crippen molar-refractivity contribution in [2.24, 2.45) is 11.3 Å². The molecule has 0 spiro atoms. The molecule has 1 aromatic carbocycles. The van der Waals surface area contributed by atoms with Gasteiger partial charge in [-0.25, -0.2) is 9.59 Å². The van der Waals surface area contributed by atoms with E-state index < -0.39 is 40.7 Å². The maximum absolute atomic E-state index is 13.6. The zero-order valence-corrected chi connectivity index (χ0v) is 19.3. The largest absolute Gasteiger partial charge is 0.469 e. The van der Waals surface area contributed by atoms with Crippen LogP contribution >= 0.6 is 15.9 Å². The predicted molar refractivity (Wildman–Crippen MR) is 114 cm³/mol. The number of benzene rings is 1. The van der Waals surface area contributed by atoms with Crippen molar-refractivity contribution >= 4 is 51.6 Å². The third kappa shape index (κ3) is 2.38. The second-order valence-electron chi connectivity index (χ2n) is 7.56. The maximum Gasteiger partial charge on any atom is 0.337 e. The lowest BCUT2D eigenvalue weighted by Gasteiger charge is -2.59. The lowest BCUT2D eigenvalue weighted by Crippen LogP contribution is -2.78. The summed E-state index contributed by atoms with van der Waals surface area (Å²) in [6.45, 7) is 0. The van der Waals surface area contributed by atoms with E-state index >= 15 is 0 Å². The summed E-state index contributed by atoms with van der Waals surface area (Å²) < 4.78 is 21.0. The molecule has 1 aliphatic carbocycles. The molecule has 4 rings (SSSR count). The third-order valence-electron chi connectivity index (χ3n) is 6.50. The average Bonchev–Trinajstić information content (AvgIpc) is 2.99. The van der Waals surface area contributed by atoms with E-state index in [4.69, 9.17) is 18.9 Å². The van der Waals surface area contributed by atoms with Crippen LogP contribution in [0.25, 0.3) is 6.08 Å². The zero-order valence-electron chi connectivity index (χ0n) is 17.8. The van der Waals surface area contributed by atoms with Gasteiger partial charge in [-0.2, -0.15) is 0 Å². The Kier molecular flexibility index (Phi) is 5.15. The molecule has 3 aliphatic rings. The molecule has 9 nitrogen and oxygen atoms in total. The highest BCUT2D eigenvalue weighted by atomic mass is 79.9. The molecule has 0 amide bonds. The summed E-state index contributed by atoms with van der Waals surface area (Å²) in [6.07, 6.45) is 3.18. The number of halogens is 1. The molecule has 32 heavy (non-hydrogen) atoms. The van der Waals surface area contributed by atoms with Crippen LogP contribution in [-0.2, 0) is 38.1 Å².